The van der Waals surface area contributed by atoms with Crippen LogP contribution in [0.4, 0.5) is 10.5 Å². The lowest BCUT2D eigenvalue weighted by molar-refractivity contribution is -0.150. The first-order valence-electron chi connectivity index (χ1n) is 9.58. The number of carbonyl (C=O) groups excluding carboxylic acids is 4. The van der Waals surface area contributed by atoms with Gasteiger partial charge in [0.15, 0.2) is 6.61 Å². The predicted octanol–water partition coefficient (Wildman–Crippen LogP) is 2.63. The van der Waals surface area contributed by atoms with Gasteiger partial charge in [-0.15, -0.1) is 0 Å². The second-order valence-electron chi connectivity index (χ2n) is 7.63. The first-order valence-corrected chi connectivity index (χ1v) is 9.96. The third kappa shape index (κ3) is 4.37. The third-order valence-corrected chi connectivity index (χ3v) is 5.86. The van der Waals surface area contributed by atoms with E-state index in [2.05, 4.69) is 10.6 Å². The fourth-order valence-electron chi connectivity index (χ4n) is 3.87. The maximum absolute atomic E-state index is 12.8. The number of halogens is 1. The quantitative estimate of drug-likeness (QED) is 0.561. The molecule has 0 bridgehead atoms. The largest absolute Gasteiger partial charge is 0.454 e. The van der Waals surface area contributed by atoms with Crippen molar-refractivity contribution in [2.75, 3.05) is 18.5 Å². The van der Waals surface area contributed by atoms with E-state index in [1.54, 1.807) is 18.2 Å². The molecule has 4 amide bonds. The van der Waals surface area contributed by atoms with Gasteiger partial charge in [0, 0.05) is 0 Å². The zero-order valence-electron chi connectivity index (χ0n) is 16.4. The van der Waals surface area contributed by atoms with Gasteiger partial charge in [-0.3, -0.25) is 19.3 Å². The summed E-state index contributed by atoms with van der Waals surface area (Å²) in [6, 6.07) is 4.53. The number of rotatable bonds is 5. The van der Waals surface area contributed by atoms with Crippen molar-refractivity contribution < 1.29 is 23.9 Å². The standard InChI is InChI=1S/C20H24ClN3O5/c1-12-6-7-15(14(21)9-12)22-16(25)11-29-17(26)10-24-18(27)20(23-19(24)28)8-4-3-5-13(20)2/h6-7,9,13H,3-5,8,10-11H2,1-2H3,(H,22,25)(H,23,28)/t13-,20+/m1/s1. The Morgan fingerprint density at radius 1 is 1.34 bits per heavy atom. The van der Waals surface area contributed by atoms with Gasteiger partial charge in [-0.25, -0.2) is 4.79 Å². The summed E-state index contributed by atoms with van der Waals surface area (Å²) in [6.07, 6.45) is 3.25. The zero-order chi connectivity index (χ0) is 21.2. The number of esters is 1. The van der Waals surface area contributed by atoms with Crippen LogP contribution >= 0.6 is 11.6 Å². The first kappa shape index (κ1) is 21.1. The number of anilines is 1. The van der Waals surface area contributed by atoms with Crippen molar-refractivity contribution in [3.8, 4) is 0 Å². The van der Waals surface area contributed by atoms with E-state index in [0.717, 1.165) is 29.7 Å². The van der Waals surface area contributed by atoms with E-state index in [9.17, 15) is 19.2 Å². The number of nitrogens with one attached hydrogen (secondary N) is 2. The second-order valence-corrected chi connectivity index (χ2v) is 8.04. The van der Waals surface area contributed by atoms with Crippen LogP contribution in [0.1, 0.15) is 38.2 Å². The Balaban J connectivity index is 1.53. The van der Waals surface area contributed by atoms with Gasteiger partial charge in [0.2, 0.25) is 0 Å². The monoisotopic (exact) mass is 421 g/mol. The summed E-state index contributed by atoms with van der Waals surface area (Å²) in [5.41, 5.74) is 0.411. The molecule has 1 saturated carbocycles. The van der Waals surface area contributed by atoms with E-state index in [4.69, 9.17) is 16.3 Å². The van der Waals surface area contributed by atoms with Crippen molar-refractivity contribution in [3.63, 3.8) is 0 Å². The molecule has 1 aromatic carbocycles. The van der Waals surface area contributed by atoms with Crippen molar-refractivity contribution in [1.82, 2.24) is 10.2 Å². The van der Waals surface area contributed by atoms with Crippen LogP contribution in [0.2, 0.25) is 5.02 Å². The number of imide groups is 1. The maximum atomic E-state index is 12.8. The number of benzene rings is 1. The molecule has 2 aliphatic rings. The number of urea groups is 1. The molecular weight excluding hydrogens is 398 g/mol. The second kappa shape index (κ2) is 8.41. The fraction of sp³-hybridized carbons (Fsp3) is 0.500. The van der Waals surface area contributed by atoms with Gasteiger partial charge in [0.1, 0.15) is 12.1 Å². The van der Waals surface area contributed by atoms with Crippen molar-refractivity contribution in [3.05, 3.63) is 28.8 Å². The van der Waals surface area contributed by atoms with Crippen LogP contribution in [0, 0.1) is 12.8 Å². The Bertz CT molecular complexity index is 859. The van der Waals surface area contributed by atoms with Gasteiger partial charge >= 0.3 is 12.0 Å². The van der Waals surface area contributed by atoms with Gasteiger partial charge in [-0.1, -0.05) is 37.4 Å². The summed E-state index contributed by atoms with van der Waals surface area (Å²) in [7, 11) is 0. The molecule has 1 saturated heterocycles. The minimum Gasteiger partial charge on any atom is -0.454 e. The maximum Gasteiger partial charge on any atom is 0.326 e. The Kier molecular flexibility index (Phi) is 6.12. The number of amides is 4. The van der Waals surface area contributed by atoms with E-state index in [1.807, 2.05) is 13.8 Å². The lowest BCUT2D eigenvalue weighted by atomic mass is 9.73. The van der Waals surface area contributed by atoms with E-state index in [-0.39, 0.29) is 5.92 Å². The van der Waals surface area contributed by atoms with Gasteiger partial charge in [-0.05, 0) is 43.4 Å². The highest BCUT2D eigenvalue weighted by Gasteiger charge is 2.55. The minimum absolute atomic E-state index is 0.00115. The topological polar surface area (TPSA) is 105 Å². The summed E-state index contributed by atoms with van der Waals surface area (Å²) in [6.45, 7) is 2.72. The van der Waals surface area contributed by atoms with Crippen molar-refractivity contribution >= 4 is 41.1 Å². The molecule has 29 heavy (non-hydrogen) atoms. The first-order chi connectivity index (χ1) is 13.7. The van der Waals surface area contributed by atoms with Gasteiger partial charge in [0.05, 0.1) is 10.7 Å². The van der Waals surface area contributed by atoms with Crippen LogP contribution in [0.5, 0.6) is 0 Å². The molecule has 3 rings (SSSR count). The van der Waals surface area contributed by atoms with Crippen LogP contribution < -0.4 is 10.6 Å². The highest BCUT2D eigenvalue weighted by atomic mass is 35.5. The zero-order valence-corrected chi connectivity index (χ0v) is 17.2. The molecule has 2 fully saturated rings. The molecule has 1 aromatic rings. The van der Waals surface area contributed by atoms with E-state index in [0.29, 0.717) is 17.1 Å². The van der Waals surface area contributed by atoms with Gasteiger partial charge < -0.3 is 15.4 Å². The summed E-state index contributed by atoms with van der Waals surface area (Å²) in [5.74, 6) is -1.81. The highest BCUT2D eigenvalue weighted by molar-refractivity contribution is 6.33. The third-order valence-electron chi connectivity index (χ3n) is 5.55. The molecule has 8 nitrogen and oxygen atoms in total. The number of carbonyl (C=O) groups is 4. The molecule has 9 heteroatoms. The van der Waals surface area contributed by atoms with Gasteiger partial charge in [0.25, 0.3) is 11.8 Å². The number of hydrogen-bond donors (Lipinski definition) is 2. The lowest BCUT2D eigenvalue weighted by Gasteiger charge is -2.36. The smallest absolute Gasteiger partial charge is 0.326 e. The Labute approximate surface area is 173 Å². The fourth-order valence-corrected chi connectivity index (χ4v) is 4.15. The SMILES string of the molecule is Cc1ccc(NC(=O)COC(=O)CN2C(=O)N[C@]3(CCCC[C@H]3C)C2=O)c(Cl)c1. The van der Waals surface area contributed by atoms with Crippen molar-refractivity contribution in [2.24, 2.45) is 5.92 Å². The number of nitrogens with zero attached hydrogens (tertiary/aromatic N) is 1. The molecular formula is C20H24ClN3O5. The molecule has 0 aromatic heterocycles. The molecule has 2 atom stereocenters. The van der Waals surface area contributed by atoms with Crippen molar-refractivity contribution in [2.45, 2.75) is 45.1 Å². The molecule has 0 radical (unpaired) electrons. The normalized spacial score (nSPS) is 23.8. The van der Waals surface area contributed by atoms with E-state index in [1.165, 1.54) is 0 Å². The Morgan fingerprint density at radius 3 is 2.79 bits per heavy atom. The average molecular weight is 422 g/mol. The molecule has 156 valence electrons. The van der Waals surface area contributed by atoms with E-state index >= 15 is 0 Å². The summed E-state index contributed by atoms with van der Waals surface area (Å²) >= 11 is 6.05. The molecule has 1 aliphatic heterocycles. The number of aryl methyl sites for hydroxylation is 1. The van der Waals surface area contributed by atoms with Gasteiger partial charge in [-0.2, -0.15) is 0 Å². The van der Waals surface area contributed by atoms with Crippen LogP contribution in [-0.2, 0) is 19.1 Å². The number of ether oxygens (including phenoxy) is 1. The summed E-state index contributed by atoms with van der Waals surface area (Å²) in [5, 5.41) is 5.69. The summed E-state index contributed by atoms with van der Waals surface area (Å²) < 4.78 is 4.93. The summed E-state index contributed by atoms with van der Waals surface area (Å²) in [4.78, 5) is 50.1. The van der Waals surface area contributed by atoms with E-state index < -0.39 is 42.5 Å². The molecule has 1 spiro atoms. The predicted molar refractivity (Wildman–Crippen MR) is 106 cm³/mol. The van der Waals surface area contributed by atoms with Crippen molar-refractivity contribution in [1.29, 1.82) is 0 Å². The Hall–Kier alpha value is -2.61. The van der Waals surface area contributed by atoms with Crippen LogP contribution in [-0.4, -0.2) is 47.4 Å². The minimum atomic E-state index is -0.935. The molecule has 1 aliphatic carbocycles. The Morgan fingerprint density at radius 2 is 2.10 bits per heavy atom. The van der Waals surface area contributed by atoms with Crippen LogP contribution in [0.15, 0.2) is 18.2 Å². The molecule has 1 heterocycles. The van der Waals surface area contributed by atoms with Crippen LogP contribution in [0.25, 0.3) is 0 Å². The van der Waals surface area contributed by atoms with Crippen LogP contribution in [0.3, 0.4) is 0 Å². The number of hydrogen-bond acceptors (Lipinski definition) is 5. The molecule has 0 unspecified atom stereocenters. The lowest BCUT2D eigenvalue weighted by Crippen LogP contribution is -2.54. The molecule has 2 N–H and O–H groups in total. The average Bonchev–Trinajstić information content (AvgIpc) is 2.90. The highest BCUT2D eigenvalue weighted by Crippen LogP contribution is 2.38.